The number of nitrogens with zero attached hydrogens (tertiary/aromatic N) is 2. The average Bonchev–Trinajstić information content (AvgIpc) is 2.80. The normalized spacial score (nSPS) is 13.4. The lowest BCUT2D eigenvalue weighted by atomic mass is 9.78. The summed E-state index contributed by atoms with van der Waals surface area (Å²) in [5, 5.41) is 3.07. The van der Waals surface area contributed by atoms with Crippen molar-refractivity contribution >= 4 is 17.4 Å². The number of alkyl halides is 3. The summed E-state index contributed by atoms with van der Waals surface area (Å²) < 4.78 is 40.8. The molecule has 3 aromatic rings. The van der Waals surface area contributed by atoms with Gasteiger partial charge in [-0.25, -0.2) is 9.97 Å². The molecule has 1 atom stereocenters. The van der Waals surface area contributed by atoms with Gasteiger partial charge in [-0.1, -0.05) is 37.3 Å². The quantitative estimate of drug-likeness (QED) is 0.402. The molecule has 0 bridgehead atoms. The van der Waals surface area contributed by atoms with Crippen molar-refractivity contribution in [3.63, 3.8) is 0 Å². The van der Waals surface area contributed by atoms with Crippen molar-refractivity contribution in [3.8, 4) is 0 Å². The third-order valence-corrected chi connectivity index (χ3v) is 5.56. The first-order valence-electron chi connectivity index (χ1n) is 10.0. The van der Waals surface area contributed by atoms with Crippen LogP contribution in [0.4, 0.5) is 24.8 Å². The number of carbonyl (C=O) groups excluding carboxylic acids is 1. The van der Waals surface area contributed by atoms with E-state index in [0.717, 1.165) is 11.6 Å². The second-order valence-corrected chi connectivity index (χ2v) is 7.41. The van der Waals surface area contributed by atoms with E-state index < -0.39 is 28.6 Å². The lowest BCUT2D eigenvalue weighted by Gasteiger charge is -2.32. The Hall–Kier alpha value is -3.46. The van der Waals surface area contributed by atoms with Crippen LogP contribution in [0.5, 0.6) is 0 Å². The first-order valence-corrected chi connectivity index (χ1v) is 10.0. The van der Waals surface area contributed by atoms with Crippen LogP contribution in [0.25, 0.3) is 0 Å². The predicted molar refractivity (Wildman–Crippen MR) is 128 cm³/mol. The van der Waals surface area contributed by atoms with Gasteiger partial charge >= 0.3 is 6.18 Å². The van der Waals surface area contributed by atoms with E-state index in [-0.39, 0.29) is 24.3 Å². The highest BCUT2D eigenvalue weighted by atomic mass is 19.4. The van der Waals surface area contributed by atoms with Gasteiger partial charge in [-0.2, -0.15) is 13.2 Å². The predicted octanol–water partition coefficient (Wildman–Crippen LogP) is 5.26. The highest BCUT2D eigenvalue weighted by Crippen LogP contribution is 2.34. The summed E-state index contributed by atoms with van der Waals surface area (Å²) >= 11 is 0. The largest absolute Gasteiger partial charge is 0.418 e. The molecule has 0 spiro atoms. The summed E-state index contributed by atoms with van der Waals surface area (Å²) in [6.07, 6.45) is -2.72. The van der Waals surface area contributed by atoms with Gasteiger partial charge in [0.2, 0.25) is 5.78 Å². The zero-order valence-corrected chi connectivity index (χ0v) is 17.5. The van der Waals surface area contributed by atoms with Crippen LogP contribution in [-0.2, 0) is 11.6 Å². The number of pyridine rings is 2. The van der Waals surface area contributed by atoms with Crippen molar-refractivity contribution in [3.05, 3.63) is 83.2 Å². The number of anilines is 2. The molecule has 6 nitrogen and oxygen atoms in total. The minimum atomic E-state index is -4.76. The summed E-state index contributed by atoms with van der Waals surface area (Å²) in [7, 11) is 0. The van der Waals surface area contributed by atoms with E-state index in [1.54, 1.807) is 0 Å². The summed E-state index contributed by atoms with van der Waals surface area (Å²) in [6, 6.07) is 14.4. The van der Waals surface area contributed by atoms with Gasteiger partial charge in [0.1, 0.15) is 17.3 Å². The van der Waals surface area contributed by atoms with Crippen molar-refractivity contribution in [1.82, 2.24) is 9.97 Å². The Morgan fingerprint density at radius 1 is 1.09 bits per heavy atom. The van der Waals surface area contributed by atoms with Gasteiger partial charge in [0, 0.05) is 31.8 Å². The third kappa shape index (κ3) is 4.72. The standard InChI is InChI=1S/C23H24F3N5O.5H2/c1-2-22(13-27,15-7-4-3-5-8-15)14-30-18-11-10-17(23(24,25)26)19(31-18)20(32)16-9-6-12-29-21(16)28;;;;;/h3-12H,2,13-14,27H2,1H3,(H2,28,29)(H,30,31);5*1H/t22-;;;;;/m1...../s1. The number of hydrogen-bond acceptors (Lipinski definition) is 6. The average molecular weight is 454 g/mol. The molecule has 0 unspecified atom stereocenters. The Bertz CT molecular complexity index is 1100. The maximum atomic E-state index is 13.6. The minimum absolute atomic E-state index is 0. The van der Waals surface area contributed by atoms with Gasteiger partial charge in [-0.3, -0.25) is 4.79 Å². The number of nitrogens with one attached hydrogen (secondary N) is 1. The maximum absolute atomic E-state index is 13.6. The molecule has 0 aliphatic heterocycles. The van der Waals surface area contributed by atoms with Crippen LogP contribution in [0, 0.1) is 0 Å². The number of rotatable bonds is 8. The maximum Gasteiger partial charge on any atom is 0.418 e. The van der Waals surface area contributed by atoms with Gasteiger partial charge in [0.25, 0.3) is 0 Å². The molecule has 0 saturated heterocycles. The molecule has 1 aromatic carbocycles. The second kappa shape index (κ2) is 9.35. The molecule has 5 N–H and O–H groups in total. The molecule has 0 amide bonds. The number of nitrogens with two attached hydrogens (primary N) is 2. The first-order chi connectivity index (χ1) is 15.2. The molecule has 32 heavy (non-hydrogen) atoms. The fraction of sp³-hybridized carbons (Fsp3) is 0.261. The number of halogens is 3. The van der Waals surface area contributed by atoms with Crippen molar-refractivity contribution in [1.29, 1.82) is 0 Å². The lowest BCUT2D eigenvalue weighted by Crippen LogP contribution is -2.41. The molecule has 0 radical (unpaired) electrons. The molecular formula is C23H34F3N5O. The van der Waals surface area contributed by atoms with Crippen LogP contribution in [-0.4, -0.2) is 28.8 Å². The van der Waals surface area contributed by atoms with Crippen LogP contribution in [0.2, 0.25) is 0 Å². The second-order valence-electron chi connectivity index (χ2n) is 7.41. The number of nitrogen functional groups attached to an aromatic ring is 1. The van der Waals surface area contributed by atoms with Crippen LogP contribution in [0.3, 0.4) is 0 Å². The zero-order chi connectivity index (χ0) is 23.4. The van der Waals surface area contributed by atoms with Gasteiger partial charge < -0.3 is 16.8 Å². The molecule has 0 saturated carbocycles. The molecule has 0 aliphatic rings. The Labute approximate surface area is 191 Å². The Kier molecular flexibility index (Phi) is 6.78. The molecule has 2 heterocycles. The number of hydrogen-bond donors (Lipinski definition) is 3. The van der Waals surface area contributed by atoms with Crippen molar-refractivity contribution in [2.24, 2.45) is 5.73 Å². The van der Waals surface area contributed by atoms with Crippen LogP contribution in [0.15, 0.2) is 60.8 Å². The monoisotopic (exact) mass is 453 g/mol. The number of benzene rings is 1. The lowest BCUT2D eigenvalue weighted by molar-refractivity contribution is -0.138. The third-order valence-electron chi connectivity index (χ3n) is 5.56. The van der Waals surface area contributed by atoms with Gasteiger partial charge in [-0.05, 0) is 36.2 Å². The van der Waals surface area contributed by atoms with Gasteiger partial charge in [0.05, 0.1) is 11.1 Å². The summed E-state index contributed by atoms with van der Waals surface area (Å²) in [6.45, 7) is 2.63. The molecule has 9 heteroatoms. The molecule has 0 aliphatic carbocycles. The van der Waals surface area contributed by atoms with E-state index in [4.69, 9.17) is 11.5 Å². The highest BCUT2D eigenvalue weighted by Gasteiger charge is 2.37. The first kappa shape index (κ1) is 23.2. The Morgan fingerprint density at radius 3 is 2.41 bits per heavy atom. The van der Waals surface area contributed by atoms with Crippen molar-refractivity contribution < 1.29 is 25.1 Å². The fourth-order valence-electron chi connectivity index (χ4n) is 3.51. The number of aromatic nitrogens is 2. The topological polar surface area (TPSA) is 107 Å². The zero-order valence-electron chi connectivity index (χ0n) is 17.5. The summed E-state index contributed by atoms with van der Waals surface area (Å²) in [5.41, 5.74) is 10.3. The fourth-order valence-corrected chi connectivity index (χ4v) is 3.51. The number of ketones is 1. The summed E-state index contributed by atoms with van der Waals surface area (Å²) in [5.74, 6) is -0.982. The molecule has 0 fully saturated rings. The molecule has 3 rings (SSSR count). The van der Waals surface area contributed by atoms with Crippen molar-refractivity contribution in [2.75, 3.05) is 24.1 Å². The smallest absolute Gasteiger partial charge is 0.383 e. The van der Waals surface area contributed by atoms with Crippen molar-refractivity contribution in [2.45, 2.75) is 24.9 Å². The SMILES string of the molecule is CC[C@@](CN)(CNc1ccc(C(F)(F)F)c(C(=O)c2cccnc2N)n1)c1ccccc1.[HH].[HH].[HH].[HH].[HH]. The Balaban J connectivity index is -0.00000231. The van der Waals surface area contributed by atoms with E-state index in [1.807, 2.05) is 37.3 Å². The van der Waals surface area contributed by atoms with Crippen LogP contribution >= 0.6 is 0 Å². The molecular weight excluding hydrogens is 419 g/mol. The van der Waals surface area contributed by atoms with E-state index >= 15 is 0 Å². The van der Waals surface area contributed by atoms with E-state index in [2.05, 4.69) is 15.3 Å². The molecule has 178 valence electrons. The van der Waals surface area contributed by atoms with Gasteiger partial charge in [0.15, 0.2) is 0 Å². The van der Waals surface area contributed by atoms with Crippen LogP contribution < -0.4 is 16.8 Å². The highest BCUT2D eigenvalue weighted by molar-refractivity contribution is 6.11. The minimum Gasteiger partial charge on any atom is -0.383 e. The Morgan fingerprint density at radius 2 is 1.81 bits per heavy atom. The van der Waals surface area contributed by atoms with E-state index in [1.165, 1.54) is 24.4 Å². The van der Waals surface area contributed by atoms with Crippen LogP contribution in [0.1, 0.15) is 47.7 Å². The summed E-state index contributed by atoms with van der Waals surface area (Å²) in [4.78, 5) is 20.7. The number of carbonyl (C=O) groups is 1. The van der Waals surface area contributed by atoms with E-state index in [0.29, 0.717) is 19.5 Å². The van der Waals surface area contributed by atoms with Gasteiger partial charge in [-0.15, -0.1) is 0 Å². The van der Waals surface area contributed by atoms with E-state index in [9.17, 15) is 18.0 Å². The molecule has 2 aromatic heterocycles.